The molecule has 4 heterocycles. The Morgan fingerprint density at radius 1 is 1.00 bits per heavy atom. The van der Waals surface area contributed by atoms with Crippen molar-refractivity contribution >= 4 is 22.2 Å². The molecule has 2 saturated heterocycles. The van der Waals surface area contributed by atoms with Gasteiger partial charge in [0, 0.05) is 30.6 Å². The summed E-state index contributed by atoms with van der Waals surface area (Å²) in [5, 5.41) is 23.7. The molecule has 9 nitrogen and oxygen atoms in total. The molecule has 2 aromatic heterocycles. The third kappa shape index (κ3) is 3.42. The van der Waals surface area contributed by atoms with Crippen molar-refractivity contribution in [1.82, 2.24) is 24.9 Å². The highest BCUT2D eigenvalue weighted by atomic mass is 16.3. The lowest BCUT2D eigenvalue weighted by molar-refractivity contribution is 0.0450. The number of anilines is 1. The number of rotatable bonds is 4. The molecular formula is C25H28N6O3. The third-order valence-electron chi connectivity index (χ3n) is 8.18. The highest BCUT2D eigenvalue weighted by Gasteiger charge is 2.39. The minimum atomic E-state index is -0.554. The topological polar surface area (TPSA) is 104 Å². The maximum Gasteiger partial charge on any atom is 0.249 e. The predicted molar refractivity (Wildman–Crippen MR) is 129 cm³/mol. The summed E-state index contributed by atoms with van der Waals surface area (Å²) in [6.45, 7) is 6.00. The van der Waals surface area contributed by atoms with Crippen LogP contribution in [0.15, 0.2) is 39.9 Å². The molecule has 4 aromatic rings. The van der Waals surface area contributed by atoms with Crippen LogP contribution in [0.2, 0.25) is 0 Å². The van der Waals surface area contributed by atoms with Gasteiger partial charge in [0.1, 0.15) is 0 Å². The lowest BCUT2D eigenvalue weighted by Gasteiger charge is -2.47. The van der Waals surface area contributed by atoms with Gasteiger partial charge in [0.2, 0.25) is 10.9 Å². The molecule has 0 radical (unpaired) electrons. The van der Waals surface area contributed by atoms with E-state index in [9.17, 15) is 14.7 Å². The van der Waals surface area contributed by atoms with Crippen molar-refractivity contribution in [3.63, 3.8) is 0 Å². The molecule has 0 unspecified atom stereocenters. The van der Waals surface area contributed by atoms with Crippen LogP contribution < -0.4 is 15.8 Å². The van der Waals surface area contributed by atoms with Crippen LogP contribution in [-0.4, -0.2) is 62.8 Å². The Kier molecular flexibility index (Phi) is 5.00. The molecule has 0 bridgehead atoms. The predicted octanol–water partition coefficient (Wildman–Crippen LogP) is 1.60. The van der Waals surface area contributed by atoms with E-state index in [-0.39, 0.29) is 10.9 Å². The number of aliphatic hydroxyl groups excluding tert-OH is 1. The SMILES string of the molecule is Cc1c(N2CCC3(CCN(C[C@H](O)c4ccc5c(ccc6nnnn65)c4)CC3)CC2)c(=O)c1=O. The van der Waals surface area contributed by atoms with Gasteiger partial charge in [-0.1, -0.05) is 6.07 Å². The van der Waals surface area contributed by atoms with Gasteiger partial charge in [-0.2, -0.15) is 4.52 Å². The van der Waals surface area contributed by atoms with Gasteiger partial charge in [-0.05, 0) is 91.4 Å². The molecule has 0 amide bonds. The first-order valence-electron chi connectivity index (χ1n) is 12.0. The van der Waals surface area contributed by atoms with E-state index in [2.05, 4.69) is 25.3 Å². The van der Waals surface area contributed by atoms with Crippen molar-refractivity contribution in [2.75, 3.05) is 37.6 Å². The summed E-state index contributed by atoms with van der Waals surface area (Å²) in [5.74, 6) is 0. The van der Waals surface area contributed by atoms with Crippen LogP contribution >= 0.6 is 0 Å². The zero-order valence-corrected chi connectivity index (χ0v) is 19.3. The van der Waals surface area contributed by atoms with Crippen LogP contribution in [0.1, 0.15) is 42.9 Å². The zero-order valence-electron chi connectivity index (χ0n) is 19.3. The maximum atomic E-state index is 11.9. The van der Waals surface area contributed by atoms with Gasteiger partial charge in [-0.3, -0.25) is 9.59 Å². The Morgan fingerprint density at radius 3 is 2.47 bits per heavy atom. The average Bonchev–Trinajstić information content (AvgIpc) is 3.36. The van der Waals surface area contributed by atoms with Crippen molar-refractivity contribution in [3.05, 3.63) is 61.9 Å². The first kappa shape index (κ1) is 21.4. The molecule has 2 aliphatic heterocycles. The minimum Gasteiger partial charge on any atom is -0.387 e. The highest BCUT2D eigenvalue weighted by Crippen LogP contribution is 2.42. The van der Waals surface area contributed by atoms with E-state index in [1.807, 2.05) is 30.3 Å². The molecule has 6 rings (SSSR count). The summed E-state index contributed by atoms with van der Waals surface area (Å²) in [7, 11) is 0. The fourth-order valence-corrected chi connectivity index (χ4v) is 5.88. The number of fused-ring (bicyclic) bond motifs is 3. The van der Waals surface area contributed by atoms with E-state index in [0.717, 1.165) is 68.3 Å². The first-order valence-corrected chi connectivity index (χ1v) is 12.0. The standard InChI is InChI=1S/C25H28N6O3/c1-16-22(24(34)23(16)33)30-12-8-25(9-13-30)6-10-29(11-7-25)15-20(32)18-2-4-19-17(14-18)3-5-21-26-27-28-31(19)21/h2-5,14,20,32H,6-13,15H2,1H3/t20-/m0/s1. The molecule has 2 aromatic carbocycles. The number of nitrogens with zero attached hydrogens (tertiary/aromatic N) is 6. The van der Waals surface area contributed by atoms with Crippen LogP contribution in [0, 0.1) is 12.3 Å². The third-order valence-corrected chi connectivity index (χ3v) is 8.18. The Hall–Kier alpha value is -3.17. The van der Waals surface area contributed by atoms with Crippen molar-refractivity contribution in [3.8, 4) is 0 Å². The van der Waals surface area contributed by atoms with Gasteiger partial charge in [-0.15, -0.1) is 5.10 Å². The maximum absolute atomic E-state index is 11.9. The molecule has 1 spiro atoms. The van der Waals surface area contributed by atoms with E-state index in [1.54, 1.807) is 11.4 Å². The molecular weight excluding hydrogens is 432 g/mol. The number of β-amino-alcohol motifs (C(OH)–C–C–N with tert-alkyl or cyclic N) is 1. The fourth-order valence-electron chi connectivity index (χ4n) is 5.88. The number of aliphatic hydroxyl groups is 1. The minimum absolute atomic E-state index is 0.309. The summed E-state index contributed by atoms with van der Waals surface area (Å²) in [4.78, 5) is 28.0. The highest BCUT2D eigenvalue weighted by molar-refractivity contribution is 5.82. The number of tetrazole rings is 1. The largest absolute Gasteiger partial charge is 0.387 e. The number of benzene rings is 1. The van der Waals surface area contributed by atoms with E-state index in [0.29, 0.717) is 28.9 Å². The van der Waals surface area contributed by atoms with Gasteiger partial charge in [-0.25, -0.2) is 0 Å². The first-order chi connectivity index (χ1) is 16.4. The molecule has 1 atom stereocenters. The van der Waals surface area contributed by atoms with Crippen LogP contribution in [-0.2, 0) is 0 Å². The van der Waals surface area contributed by atoms with Gasteiger partial charge in [0.25, 0.3) is 0 Å². The molecule has 0 aliphatic carbocycles. The number of piperidine rings is 2. The molecule has 34 heavy (non-hydrogen) atoms. The Morgan fingerprint density at radius 2 is 1.74 bits per heavy atom. The van der Waals surface area contributed by atoms with E-state index >= 15 is 0 Å². The summed E-state index contributed by atoms with van der Waals surface area (Å²) in [6, 6.07) is 9.81. The Balaban J connectivity index is 1.07. The van der Waals surface area contributed by atoms with Crippen molar-refractivity contribution in [1.29, 1.82) is 0 Å². The number of pyridine rings is 1. The van der Waals surface area contributed by atoms with Crippen LogP contribution in [0.25, 0.3) is 16.6 Å². The van der Waals surface area contributed by atoms with Crippen molar-refractivity contribution in [2.45, 2.75) is 38.7 Å². The Bertz CT molecular complexity index is 1430. The molecule has 9 heteroatoms. The molecule has 176 valence electrons. The molecule has 1 N–H and O–H groups in total. The van der Waals surface area contributed by atoms with Gasteiger partial charge in [0.05, 0.1) is 17.3 Å². The second kappa shape index (κ2) is 7.95. The number of hydrogen-bond donors (Lipinski definition) is 1. The zero-order chi connectivity index (χ0) is 23.4. The summed E-state index contributed by atoms with van der Waals surface area (Å²) >= 11 is 0. The average molecular weight is 461 g/mol. The van der Waals surface area contributed by atoms with Gasteiger partial charge >= 0.3 is 0 Å². The molecule has 0 saturated carbocycles. The monoisotopic (exact) mass is 460 g/mol. The summed E-state index contributed by atoms with van der Waals surface area (Å²) in [6.07, 6.45) is 3.76. The Labute approximate surface area is 196 Å². The van der Waals surface area contributed by atoms with Gasteiger partial charge < -0.3 is 14.9 Å². The van der Waals surface area contributed by atoms with Crippen molar-refractivity contribution in [2.24, 2.45) is 5.41 Å². The number of hydrogen-bond acceptors (Lipinski definition) is 8. The van der Waals surface area contributed by atoms with E-state index in [1.165, 1.54) is 0 Å². The van der Waals surface area contributed by atoms with E-state index < -0.39 is 6.10 Å². The van der Waals surface area contributed by atoms with Gasteiger partial charge in [0.15, 0.2) is 5.65 Å². The van der Waals surface area contributed by atoms with Crippen molar-refractivity contribution < 1.29 is 5.11 Å². The quantitative estimate of drug-likeness (QED) is 0.458. The number of likely N-dealkylation sites (tertiary alicyclic amines) is 1. The summed E-state index contributed by atoms with van der Waals surface area (Å²) in [5.41, 5.74) is 3.47. The second-order valence-corrected chi connectivity index (χ2v) is 10.0. The fraction of sp³-hybridized carbons (Fsp3) is 0.480. The lowest BCUT2D eigenvalue weighted by atomic mass is 9.71. The molecule has 2 aliphatic rings. The smallest absolute Gasteiger partial charge is 0.249 e. The van der Waals surface area contributed by atoms with Crippen LogP contribution in [0.4, 0.5) is 5.69 Å². The number of aromatic nitrogens is 4. The lowest BCUT2D eigenvalue weighted by Crippen LogP contribution is -2.50. The normalized spacial score (nSPS) is 20.0. The van der Waals surface area contributed by atoms with Crippen LogP contribution in [0.5, 0.6) is 0 Å². The second-order valence-electron chi connectivity index (χ2n) is 10.0. The molecule has 2 fully saturated rings. The van der Waals surface area contributed by atoms with Crippen LogP contribution in [0.3, 0.4) is 0 Å². The van der Waals surface area contributed by atoms with E-state index in [4.69, 9.17) is 0 Å². The summed E-state index contributed by atoms with van der Waals surface area (Å²) < 4.78 is 1.71.